The average molecular weight is 1510 g/mol. The molecule has 0 saturated carbocycles. The number of aliphatic hydroxyl groups excluding tert-OH is 2. The van der Waals surface area contributed by atoms with E-state index in [0.29, 0.717) is 31.5 Å². The van der Waals surface area contributed by atoms with Gasteiger partial charge in [-0.1, -0.05) is 92.1 Å². The van der Waals surface area contributed by atoms with Crippen molar-refractivity contribution < 1.29 is 82.1 Å². The van der Waals surface area contributed by atoms with Crippen LogP contribution >= 0.6 is 0 Å². The van der Waals surface area contributed by atoms with E-state index in [1.54, 1.807) is 97.5 Å². The van der Waals surface area contributed by atoms with E-state index in [1.807, 2.05) is 0 Å². The van der Waals surface area contributed by atoms with Gasteiger partial charge < -0.3 is 86.2 Å². The summed E-state index contributed by atoms with van der Waals surface area (Å²) in [6, 6.07) is -10.9. The first-order chi connectivity index (χ1) is 50.0. The molecular weight excluding hydrogens is 1380 g/mol. The maximum absolute atomic E-state index is 15.1. The van der Waals surface area contributed by atoms with Gasteiger partial charge in [0.1, 0.15) is 84.6 Å². The molecule has 0 radical (unpaired) electrons. The molecule has 0 aromatic heterocycles. The van der Waals surface area contributed by atoms with Gasteiger partial charge >= 0.3 is 0 Å². The van der Waals surface area contributed by atoms with Crippen LogP contribution in [-0.2, 0) is 78.3 Å². The van der Waals surface area contributed by atoms with E-state index >= 15 is 9.59 Å². The Morgan fingerprint density at radius 3 is 1.58 bits per heavy atom. The maximum Gasteiger partial charge on any atom is 0.248 e. The number of aliphatic hydroxyl groups is 2. The molecule has 3 aliphatic rings. The van der Waals surface area contributed by atoms with Crippen LogP contribution in [0, 0.1) is 23.7 Å². The van der Waals surface area contributed by atoms with Crippen molar-refractivity contribution in [3.05, 3.63) is 35.9 Å². The summed E-state index contributed by atoms with van der Waals surface area (Å²) < 4.78 is 0. The Bertz CT molecular complexity index is 3310. The molecule has 1 aromatic carbocycles. The Kier molecular flexibility index (Phi) is 34.7. The van der Waals surface area contributed by atoms with Crippen LogP contribution in [0.4, 0.5) is 0 Å². The van der Waals surface area contributed by atoms with E-state index in [0.717, 1.165) is 53.6 Å². The van der Waals surface area contributed by atoms with Crippen molar-refractivity contribution in [3.8, 4) is 0 Å². The molecule has 0 unspecified atom stereocenters. The quantitative estimate of drug-likeness (QED) is 0.0776. The summed E-state index contributed by atoms with van der Waals surface area (Å²) in [6.07, 6.45) is 1.03. The summed E-state index contributed by atoms with van der Waals surface area (Å²) >= 11 is 0. The van der Waals surface area contributed by atoms with E-state index in [1.165, 1.54) is 88.9 Å². The number of carbonyl (C=O) groups excluding carboxylic acids is 15. The minimum Gasteiger partial charge on any atom is -0.394 e. The lowest BCUT2D eigenvalue weighted by atomic mass is 9.96. The SMILES string of the molecule is CC[C@H](C)[C@H](NC(=O)[C@H](C)N(C)C(=O)[C@@H]1CC(=O)N(C)[C@H](C)C(=O)N(C)[C@@H](C)C(=O)N(C)[C@@H](Cc2ccccc2)C(=O)N(C)[C@@H](CC(C)C)C(=O)N[C@@H]([C@@H](C)O)C(=O)N(C)[C@@H](C)C(=O)N(C)[C@@H](CC(C)C)C(=O)N[C@@H](CO)C(=O)N1)C(=O)N1CCC[C@H]1C(=O)N[C@H](C(=O)N[C@@H](C)C(=O)N1CCCCC1)C(C)C. The molecule has 1 aromatic rings. The van der Waals surface area contributed by atoms with Gasteiger partial charge in [-0.25, -0.2) is 0 Å². The summed E-state index contributed by atoms with van der Waals surface area (Å²) in [5.41, 5.74) is 0.617. The monoisotopic (exact) mass is 1510 g/mol. The fourth-order valence-electron chi connectivity index (χ4n) is 13.4. The first-order valence-electron chi connectivity index (χ1n) is 37.6. The van der Waals surface area contributed by atoms with Crippen LogP contribution in [0.15, 0.2) is 30.3 Å². The van der Waals surface area contributed by atoms with Crippen molar-refractivity contribution in [1.82, 2.24) is 76.0 Å². The first kappa shape index (κ1) is 90.6. The van der Waals surface area contributed by atoms with E-state index < -0.39 is 198 Å². The molecule has 3 aliphatic heterocycles. The molecule has 16 atom stereocenters. The van der Waals surface area contributed by atoms with Crippen molar-refractivity contribution in [1.29, 1.82) is 0 Å². The van der Waals surface area contributed by atoms with Crippen LogP contribution in [-0.4, -0.2) is 309 Å². The van der Waals surface area contributed by atoms with Crippen LogP contribution in [0.2, 0.25) is 0 Å². The Balaban J connectivity index is 1.78. The van der Waals surface area contributed by atoms with Gasteiger partial charge in [0.15, 0.2) is 0 Å². The highest BCUT2D eigenvalue weighted by Gasteiger charge is 2.46. The minimum absolute atomic E-state index is 0.0298. The molecule has 8 N–H and O–H groups in total. The van der Waals surface area contributed by atoms with Crippen LogP contribution in [0.25, 0.3) is 0 Å². The van der Waals surface area contributed by atoms with Crippen molar-refractivity contribution in [2.24, 2.45) is 23.7 Å². The van der Waals surface area contributed by atoms with Gasteiger partial charge in [0.05, 0.1) is 19.1 Å². The summed E-state index contributed by atoms with van der Waals surface area (Å²) in [5.74, 6) is -13.7. The lowest BCUT2D eigenvalue weighted by Crippen LogP contribution is -2.63. The molecule has 0 spiro atoms. The second-order valence-corrected chi connectivity index (χ2v) is 30.5. The van der Waals surface area contributed by atoms with Gasteiger partial charge in [0.25, 0.3) is 0 Å². The Labute approximate surface area is 631 Å². The number of hydrogen-bond acceptors (Lipinski definition) is 17. The number of nitrogens with one attached hydrogen (secondary N) is 6. The summed E-state index contributed by atoms with van der Waals surface area (Å²) in [7, 11) is 8.99. The Morgan fingerprint density at radius 1 is 0.561 bits per heavy atom. The van der Waals surface area contributed by atoms with Crippen LogP contribution < -0.4 is 31.9 Å². The highest BCUT2D eigenvalue weighted by atomic mass is 16.3. The predicted octanol–water partition coefficient (Wildman–Crippen LogP) is -0.399. The fourth-order valence-corrected chi connectivity index (χ4v) is 13.4. The number of nitrogens with zero attached hydrogens (tertiary/aromatic N) is 9. The third-order valence-electron chi connectivity index (χ3n) is 21.3. The zero-order valence-corrected chi connectivity index (χ0v) is 66.8. The predicted molar refractivity (Wildman–Crippen MR) is 398 cm³/mol. The van der Waals surface area contributed by atoms with Crippen molar-refractivity contribution in [3.63, 3.8) is 0 Å². The van der Waals surface area contributed by atoms with Crippen LogP contribution in [0.3, 0.4) is 0 Å². The Morgan fingerprint density at radius 2 is 1.07 bits per heavy atom. The highest BCUT2D eigenvalue weighted by Crippen LogP contribution is 2.25. The Hall–Kier alpha value is -8.81. The van der Waals surface area contributed by atoms with E-state index in [4.69, 9.17) is 0 Å². The normalized spacial score (nSPS) is 25.5. The third-order valence-corrected chi connectivity index (χ3v) is 21.3. The van der Waals surface area contributed by atoms with Gasteiger partial charge in [0.2, 0.25) is 88.6 Å². The van der Waals surface area contributed by atoms with E-state index in [-0.39, 0.29) is 50.0 Å². The molecular formula is C75H123N15O17. The molecule has 32 heteroatoms. The number of hydrogen-bond donors (Lipinski definition) is 8. The van der Waals surface area contributed by atoms with Crippen molar-refractivity contribution in [2.75, 3.05) is 75.6 Å². The van der Waals surface area contributed by atoms with Crippen molar-refractivity contribution >= 4 is 88.6 Å². The summed E-state index contributed by atoms with van der Waals surface area (Å²) in [4.78, 5) is 229. The maximum atomic E-state index is 15.1. The minimum atomic E-state index is -1.95. The largest absolute Gasteiger partial charge is 0.394 e. The number of likely N-dealkylation sites (N-methyl/N-ethyl adjacent to an activating group) is 7. The molecule has 107 heavy (non-hydrogen) atoms. The van der Waals surface area contributed by atoms with E-state index in [2.05, 4.69) is 31.9 Å². The third kappa shape index (κ3) is 23.6. The number of carbonyl (C=O) groups is 15. The zero-order chi connectivity index (χ0) is 81.1. The molecule has 0 aliphatic carbocycles. The molecule has 3 fully saturated rings. The zero-order valence-electron chi connectivity index (χ0n) is 66.8. The number of likely N-dealkylation sites (tertiary alicyclic amines) is 2. The molecule has 3 saturated heterocycles. The number of amides is 15. The molecule has 4 rings (SSSR count). The molecule has 32 nitrogen and oxygen atoms in total. The van der Waals surface area contributed by atoms with Gasteiger partial charge in [-0.2, -0.15) is 0 Å². The second-order valence-electron chi connectivity index (χ2n) is 30.5. The fraction of sp³-hybridized carbons (Fsp3) is 0.720. The summed E-state index contributed by atoms with van der Waals surface area (Å²) in [6.45, 7) is 22.4. The molecule has 15 amide bonds. The topological polar surface area (TPSA) is 398 Å². The van der Waals surface area contributed by atoms with Gasteiger partial charge in [-0.05, 0) is 116 Å². The second kappa shape index (κ2) is 40.9. The highest BCUT2D eigenvalue weighted by molar-refractivity contribution is 6.02. The first-order valence-corrected chi connectivity index (χ1v) is 37.6. The lowest BCUT2D eigenvalue weighted by molar-refractivity contribution is -0.154. The number of piperidine rings is 1. The van der Waals surface area contributed by atoms with Crippen LogP contribution in [0.1, 0.15) is 160 Å². The van der Waals surface area contributed by atoms with E-state index in [9.17, 15) is 72.5 Å². The summed E-state index contributed by atoms with van der Waals surface area (Å²) in [5, 5.41) is 37.9. The molecule has 3 heterocycles. The van der Waals surface area contributed by atoms with Gasteiger partial charge in [-0.15, -0.1) is 0 Å². The lowest BCUT2D eigenvalue weighted by Gasteiger charge is -2.38. The number of rotatable bonds is 21. The van der Waals surface area contributed by atoms with Crippen LogP contribution in [0.5, 0.6) is 0 Å². The average Bonchev–Trinajstić information content (AvgIpc) is 1.70. The van der Waals surface area contributed by atoms with Gasteiger partial charge in [-0.3, -0.25) is 71.9 Å². The molecule has 0 bridgehead atoms. The molecule has 600 valence electrons. The number of benzene rings is 1. The van der Waals surface area contributed by atoms with Gasteiger partial charge in [0, 0.05) is 75.4 Å². The standard InChI is InChI=1S/C75H123N15O17/c1-22-44(8)60(75(107)90-35-29-32-54(90)64(96)79-59(43(6)7)67(99)76-45(9)68(100)89-33-27-24-28-34-89)80-62(94)46(10)83(16)72(104)52-39-58(93)82(15)47(11)69(101)84(17)48(12)71(103)88(21)57(38-51-30-25-23-26-31-51)73(105)87(20)56(37-42(4)5)66(98)81-61(50(14)92)74(106)85(18)49(13)70(102)86(19)55(36-41(2)3)65(97)78-53(40-91)63(95)77-52/h23,25-26,30-31,41-50,52-57,59-61,91-92H,22,24,27-29,32-40H2,1-21H3,(H,76,99)(H,77,95)(H,78,97)(H,79,96)(H,80,94)(H,81,98)/t44-,45-,46-,47+,48-,49-,50+,52-,53-,54-,55-,56-,57-,59-,60-,61-/m0/s1. The van der Waals surface area contributed by atoms with Crippen molar-refractivity contribution in [2.45, 2.75) is 252 Å². The smallest absolute Gasteiger partial charge is 0.248 e.